The summed E-state index contributed by atoms with van der Waals surface area (Å²) >= 11 is 4.30. The molecule has 3 aromatic rings. The third-order valence-electron chi connectivity index (χ3n) is 9.52. The fourth-order valence-electron chi connectivity index (χ4n) is 7.29. The molecule has 2 fully saturated rings. The Bertz CT molecular complexity index is 1380. The molecule has 240 valence electrons. The molecular formula is C38H49NO3S2Si. The Balaban J connectivity index is 1.53. The fourth-order valence-corrected chi connectivity index (χ4v) is 15.1. The standard InChI is InChI=1S/C38H49NO3S2Si/c1-7-35(41-6)37(22-24-38(25-23-37)43-26-27-44-38)39-31(28-30-18-20-32(40-5)21-19-30)29-42-45(36(2,3)4,33-14-10-8-11-15-33)34-16-12-9-13-17-34/h8-21,31,39H,1,22-29H2,2-6H3/t31-/m0/s1. The zero-order valence-electron chi connectivity index (χ0n) is 27.6. The van der Waals surface area contributed by atoms with Gasteiger partial charge in [0.15, 0.2) is 5.76 Å². The van der Waals surface area contributed by atoms with Crippen LogP contribution in [0.25, 0.3) is 0 Å². The van der Waals surface area contributed by atoms with Gasteiger partial charge in [-0.2, -0.15) is 0 Å². The van der Waals surface area contributed by atoms with E-state index in [1.165, 1.54) is 27.4 Å². The SMILES string of the molecule is C=C=C(OC)C1(N[C@H](CO[Si](c2ccccc2)(c2ccccc2)C(C)(C)C)Cc2ccc(OC)cc2)CCC2(CC1)SCCS2. The minimum absolute atomic E-state index is 0.0245. The highest BCUT2D eigenvalue weighted by Gasteiger charge is 2.52. The van der Waals surface area contributed by atoms with Crippen molar-refractivity contribution in [1.29, 1.82) is 0 Å². The largest absolute Gasteiger partial charge is 0.497 e. The minimum atomic E-state index is -2.74. The first-order chi connectivity index (χ1) is 21.7. The van der Waals surface area contributed by atoms with Crippen LogP contribution in [0.1, 0.15) is 52.0 Å². The highest BCUT2D eigenvalue weighted by molar-refractivity contribution is 8.21. The zero-order valence-corrected chi connectivity index (χ0v) is 30.2. The first-order valence-electron chi connectivity index (χ1n) is 16.1. The topological polar surface area (TPSA) is 39.7 Å². The zero-order chi connectivity index (χ0) is 32.0. The Morgan fingerprint density at radius 2 is 1.42 bits per heavy atom. The highest BCUT2D eigenvalue weighted by Crippen LogP contribution is 2.55. The monoisotopic (exact) mass is 659 g/mol. The van der Waals surface area contributed by atoms with Crippen molar-refractivity contribution in [3.8, 4) is 5.75 Å². The summed E-state index contributed by atoms with van der Waals surface area (Å²) in [6.45, 7) is 11.7. The van der Waals surface area contributed by atoms with E-state index in [4.69, 9.17) is 13.9 Å². The number of ether oxygens (including phenoxy) is 2. The summed E-state index contributed by atoms with van der Waals surface area (Å²) in [7, 11) is 0.738. The Hall–Kier alpha value is -2.38. The van der Waals surface area contributed by atoms with Crippen molar-refractivity contribution < 1.29 is 13.9 Å². The lowest BCUT2D eigenvalue weighted by atomic mass is 9.78. The predicted octanol–water partition coefficient (Wildman–Crippen LogP) is 7.58. The van der Waals surface area contributed by atoms with Gasteiger partial charge in [0.05, 0.1) is 30.4 Å². The number of methoxy groups -OCH3 is 2. The van der Waals surface area contributed by atoms with Crippen molar-refractivity contribution in [2.75, 3.05) is 32.3 Å². The molecule has 2 aliphatic rings. The van der Waals surface area contributed by atoms with Crippen molar-refractivity contribution in [1.82, 2.24) is 5.32 Å². The molecule has 0 unspecified atom stereocenters. The van der Waals surface area contributed by atoms with Crippen molar-refractivity contribution in [2.24, 2.45) is 0 Å². The van der Waals surface area contributed by atoms with Crippen LogP contribution in [-0.2, 0) is 15.6 Å². The maximum atomic E-state index is 7.53. The van der Waals surface area contributed by atoms with E-state index in [0.29, 0.717) is 10.7 Å². The van der Waals surface area contributed by atoms with E-state index < -0.39 is 8.32 Å². The number of nitrogens with one attached hydrogen (secondary N) is 1. The molecule has 45 heavy (non-hydrogen) atoms. The summed E-state index contributed by atoms with van der Waals surface area (Å²) in [6, 6.07) is 30.3. The van der Waals surface area contributed by atoms with Gasteiger partial charge in [-0.1, -0.05) is 106 Å². The van der Waals surface area contributed by atoms with Crippen LogP contribution in [0.2, 0.25) is 5.04 Å². The molecule has 1 aliphatic heterocycles. The average Bonchev–Trinajstić information content (AvgIpc) is 3.52. The van der Waals surface area contributed by atoms with Crippen LogP contribution in [0.4, 0.5) is 0 Å². The lowest BCUT2D eigenvalue weighted by Crippen LogP contribution is -2.68. The normalized spacial score (nSPS) is 18.2. The molecule has 1 saturated heterocycles. The second kappa shape index (κ2) is 14.6. The third-order valence-corrected chi connectivity index (χ3v) is 18.2. The number of rotatable bonds is 12. The van der Waals surface area contributed by atoms with Crippen LogP contribution in [0, 0.1) is 0 Å². The molecule has 0 radical (unpaired) electrons. The summed E-state index contributed by atoms with van der Waals surface area (Å²) < 4.78 is 19.4. The first kappa shape index (κ1) is 34.0. The Morgan fingerprint density at radius 1 is 0.867 bits per heavy atom. The minimum Gasteiger partial charge on any atom is -0.497 e. The van der Waals surface area contributed by atoms with Gasteiger partial charge in [-0.3, -0.25) is 5.32 Å². The smallest absolute Gasteiger partial charge is 0.261 e. The van der Waals surface area contributed by atoms with Crippen LogP contribution in [0.3, 0.4) is 0 Å². The highest BCUT2D eigenvalue weighted by atomic mass is 32.2. The van der Waals surface area contributed by atoms with E-state index >= 15 is 0 Å². The molecule has 1 atom stereocenters. The lowest BCUT2D eigenvalue weighted by Gasteiger charge is -2.47. The molecule has 0 bridgehead atoms. The molecule has 5 rings (SSSR count). The van der Waals surface area contributed by atoms with Crippen LogP contribution < -0.4 is 20.4 Å². The molecule has 7 heteroatoms. The molecule has 1 saturated carbocycles. The van der Waals surface area contributed by atoms with Crippen molar-refractivity contribution >= 4 is 42.2 Å². The molecule has 0 aromatic heterocycles. The molecule has 1 N–H and O–H groups in total. The van der Waals surface area contributed by atoms with Gasteiger partial charge in [0.2, 0.25) is 0 Å². The second-order valence-electron chi connectivity index (χ2n) is 13.3. The summed E-state index contributed by atoms with van der Waals surface area (Å²) in [4.78, 5) is 0. The van der Waals surface area contributed by atoms with Gasteiger partial charge >= 0.3 is 0 Å². The Labute approximate surface area is 280 Å². The molecule has 4 nitrogen and oxygen atoms in total. The number of thioether (sulfide) groups is 2. The molecule has 0 amide bonds. The molecule has 1 spiro atoms. The summed E-state index contributed by atoms with van der Waals surface area (Å²) in [6.07, 6.45) is 5.05. The Kier molecular flexibility index (Phi) is 11.0. The summed E-state index contributed by atoms with van der Waals surface area (Å²) in [5.41, 5.74) is 4.08. The third kappa shape index (κ3) is 7.30. The van der Waals surface area contributed by atoms with E-state index in [1.54, 1.807) is 14.2 Å². The van der Waals surface area contributed by atoms with Crippen LogP contribution in [0.15, 0.2) is 103 Å². The van der Waals surface area contributed by atoms with E-state index in [9.17, 15) is 0 Å². The lowest BCUT2D eigenvalue weighted by molar-refractivity contribution is 0.127. The van der Waals surface area contributed by atoms with Gasteiger partial charge in [-0.05, 0) is 65.2 Å². The fraction of sp³-hybridized carbons (Fsp3) is 0.447. The maximum Gasteiger partial charge on any atom is 0.261 e. The van der Waals surface area contributed by atoms with Crippen LogP contribution in [0.5, 0.6) is 5.75 Å². The van der Waals surface area contributed by atoms with Gasteiger partial charge in [0.25, 0.3) is 8.32 Å². The maximum absolute atomic E-state index is 7.53. The van der Waals surface area contributed by atoms with Crippen molar-refractivity contribution in [3.63, 3.8) is 0 Å². The van der Waals surface area contributed by atoms with Crippen LogP contribution >= 0.6 is 23.5 Å². The molecular weight excluding hydrogens is 611 g/mol. The van der Waals surface area contributed by atoms with Gasteiger partial charge in [0, 0.05) is 17.5 Å². The molecule has 3 aromatic carbocycles. The van der Waals surface area contributed by atoms with Crippen molar-refractivity contribution in [3.05, 3.63) is 109 Å². The Morgan fingerprint density at radius 3 is 1.89 bits per heavy atom. The van der Waals surface area contributed by atoms with Gasteiger partial charge in [0.1, 0.15) is 5.75 Å². The van der Waals surface area contributed by atoms with E-state index in [1.807, 2.05) is 12.1 Å². The number of benzene rings is 3. The quantitative estimate of drug-likeness (QED) is 0.123. The van der Waals surface area contributed by atoms with Gasteiger partial charge < -0.3 is 13.9 Å². The second-order valence-corrected chi connectivity index (χ2v) is 20.8. The van der Waals surface area contributed by atoms with E-state index in [2.05, 4.69) is 135 Å². The first-order valence-corrected chi connectivity index (χ1v) is 20.0. The average molecular weight is 660 g/mol. The van der Waals surface area contributed by atoms with Gasteiger partial charge in [-0.15, -0.1) is 23.5 Å². The van der Waals surface area contributed by atoms with E-state index in [0.717, 1.165) is 43.6 Å². The van der Waals surface area contributed by atoms with Gasteiger partial charge in [-0.25, -0.2) is 0 Å². The van der Waals surface area contributed by atoms with Crippen molar-refractivity contribution in [2.45, 2.75) is 73.6 Å². The summed E-state index contributed by atoms with van der Waals surface area (Å²) in [5.74, 6) is 4.16. The number of hydrogen-bond acceptors (Lipinski definition) is 6. The summed E-state index contributed by atoms with van der Waals surface area (Å²) in [5, 5.41) is 6.64. The predicted molar refractivity (Wildman–Crippen MR) is 196 cm³/mol. The molecule has 1 aliphatic carbocycles. The molecule has 1 heterocycles. The van der Waals surface area contributed by atoms with Crippen LogP contribution in [-0.4, -0.2) is 56.3 Å². The number of hydrogen-bond donors (Lipinski definition) is 1. The van der Waals surface area contributed by atoms with E-state index in [-0.39, 0.29) is 16.6 Å².